The molecule has 0 spiro atoms. The molecule has 1 N–H and O–H groups in total. The molecule has 4 nitrogen and oxygen atoms in total. The van der Waals surface area contributed by atoms with Crippen LogP contribution in [-0.2, 0) is 9.53 Å². The molecule has 0 aliphatic carbocycles. The zero-order valence-electron chi connectivity index (χ0n) is 7.69. The van der Waals surface area contributed by atoms with E-state index in [1.165, 1.54) is 0 Å². The number of rotatable bonds is 1. The van der Waals surface area contributed by atoms with Crippen LogP contribution >= 0.6 is 0 Å². The van der Waals surface area contributed by atoms with Crippen LogP contribution in [0.3, 0.4) is 0 Å². The van der Waals surface area contributed by atoms with E-state index in [4.69, 9.17) is 4.74 Å². The quantitative estimate of drug-likeness (QED) is 0.624. The average Bonchev–Trinajstić information content (AvgIpc) is 2.49. The molecule has 2 aliphatic heterocycles. The van der Waals surface area contributed by atoms with Gasteiger partial charge in [-0.1, -0.05) is 0 Å². The van der Waals surface area contributed by atoms with Gasteiger partial charge in [0.15, 0.2) is 0 Å². The minimum Gasteiger partial charge on any atom is -0.495 e. The second-order valence-electron chi connectivity index (χ2n) is 3.45. The summed E-state index contributed by atoms with van der Waals surface area (Å²) in [5.74, 6) is 0.142. The number of carbonyl (C=O) groups is 1. The molecule has 0 radical (unpaired) electrons. The first kappa shape index (κ1) is 8.56. The molecule has 2 aliphatic rings. The summed E-state index contributed by atoms with van der Waals surface area (Å²) < 4.78 is 5.44. The van der Waals surface area contributed by atoms with Crippen molar-refractivity contribution in [1.82, 2.24) is 10.2 Å². The Morgan fingerprint density at radius 1 is 1.69 bits per heavy atom. The highest BCUT2D eigenvalue weighted by molar-refractivity contribution is 5.80. The van der Waals surface area contributed by atoms with Crippen LogP contribution in [-0.4, -0.2) is 36.7 Å². The van der Waals surface area contributed by atoms with Crippen LogP contribution in [0.2, 0.25) is 0 Å². The minimum absolute atomic E-state index is 0.0532. The van der Waals surface area contributed by atoms with E-state index >= 15 is 0 Å². The van der Waals surface area contributed by atoms with Gasteiger partial charge in [-0.2, -0.15) is 0 Å². The van der Waals surface area contributed by atoms with Crippen molar-refractivity contribution in [3.05, 3.63) is 12.3 Å². The number of nitrogens with zero attached hydrogens (tertiary/aromatic N) is 1. The van der Waals surface area contributed by atoms with Crippen molar-refractivity contribution in [3.8, 4) is 0 Å². The number of allylic oxidation sites excluding steroid dienone is 1. The fourth-order valence-electron chi connectivity index (χ4n) is 1.77. The predicted octanol–water partition coefficient (Wildman–Crippen LogP) is 0.0668. The summed E-state index contributed by atoms with van der Waals surface area (Å²) in [6.45, 7) is 0.435. The Bertz CT molecular complexity index is 240. The Morgan fingerprint density at radius 2 is 2.54 bits per heavy atom. The van der Waals surface area contributed by atoms with Crippen LogP contribution in [0.5, 0.6) is 0 Å². The molecule has 2 unspecified atom stereocenters. The molecule has 4 heteroatoms. The lowest BCUT2D eigenvalue weighted by atomic mass is 10.1. The first-order chi connectivity index (χ1) is 6.29. The topological polar surface area (TPSA) is 41.6 Å². The number of amides is 1. The van der Waals surface area contributed by atoms with Gasteiger partial charge < -0.3 is 9.64 Å². The van der Waals surface area contributed by atoms with Gasteiger partial charge in [-0.3, -0.25) is 10.1 Å². The monoisotopic (exact) mass is 182 g/mol. The van der Waals surface area contributed by atoms with Crippen molar-refractivity contribution in [1.29, 1.82) is 0 Å². The van der Waals surface area contributed by atoms with Gasteiger partial charge in [-0.25, -0.2) is 0 Å². The molecule has 72 valence electrons. The molecule has 1 fully saturated rings. The Kier molecular flexibility index (Phi) is 2.22. The number of hydrogen-bond donors (Lipinski definition) is 1. The maximum Gasteiger partial charge on any atom is 0.237 e. The van der Waals surface area contributed by atoms with E-state index in [1.807, 2.05) is 13.1 Å². The van der Waals surface area contributed by atoms with Crippen molar-refractivity contribution < 1.29 is 9.53 Å². The lowest BCUT2D eigenvalue weighted by Crippen LogP contribution is -2.45. The van der Waals surface area contributed by atoms with Crippen LogP contribution in [0.1, 0.15) is 12.8 Å². The second-order valence-corrected chi connectivity index (χ2v) is 3.45. The Balaban J connectivity index is 2.00. The van der Waals surface area contributed by atoms with Gasteiger partial charge in [-0.15, -0.1) is 0 Å². The van der Waals surface area contributed by atoms with Crippen LogP contribution in [0.15, 0.2) is 12.3 Å². The largest absolute Gasteiger partial charge is 0.495 e. The molecular formula is C9H14N2O2. The summed E-state index contributed by atoms with van der Waals surface area (Å²) in [5.41, 5.74) is 0. The van der Waals surface area contributed by atoms with Crippen molar-refractivity contribution in [2.45, 2.75) is 25.1 Å². The zero-order valence-corrected chi connectivity index (χ0v) is 7.69. The van der Waals surface area contributed by atoms with Crippen LogP contribution < -0.4 is 5.32 Å². The fourth-order valence-corrected chi connectivity index (χ4v) is 1.77. The Hall–Kier alpha value is -1.03. The standard InChI is InChI=1S/C9H14N2O2/c1-11-8(12)6-10-9(11)7-4-2-3-5-13-7/h3,5,7,9-10H,2,4,6H2,1H3. The number of nitrogens with one attached hydrogen (secondary N) is 1. The van der Waals surface area contributed by atoms with Gasteiger partial charge in [0, 0.05) is 7.05 Å². The van der Waals surface area contributed by atoms with E-state index in [0.29, 0.717) is 6.54 Å². The fraction of sp³-hybridized carbons (Fsp3) is 0.667. The SMILES string of the molecule is CN1C(=O)CNC1C1CCC=CO1. The second kappa shape index (κ2) is 3.38. The lowest BCUT2D eigenvalue weighted by Gasteiger charge is -2.29. The van der Waals surface area contributed by atoms with E-state index in [0.717, 1.165) is 12.8 Å². The molecule has 1 saturated heterocycles. The van der Waals surface area contributed by atoms with Crippen LogP contribution in [0.25, 0.3) is 0 Å². The van der Waals surface area contributed by atoms with Crippen LogP contribution in [0, 0.1) is 0 Å². The van der Waals surface area contributed by atoms with Gasteiger partial charge in [0.25, 0.3) is 0 Å². The summed E-state index contributed by atoms with van der Waals surface area (Å²) in [7, 11) is 1.81. The van der Waals surface area contributed by atoms with Crippen molar-refractivity contribution in [2.24, 2.45) is 0 Å². The van der Waals surface area contributed by atoms with Gasteiger partial charge >= 0.3 is 0 Å². The zero-order chi connectivity index (χ0) is 9.26. The smallest absolute Gasteiger partial charge is 0.237 e. The first-order valence-electron chi connectivity index (χ1n) is 4.58. The molecule has 0 bridgehead atoms. The average molecular weight is 182 g/mol. The van der Waals surface area contributed by atoms with E-state index in [1.54, 1.807) is 11.2 Å². The summed E-state index contributed by atoms with van der Waals surface area (Å²) in [6, 6.07) is 0. The highest BCUT2D eigenvalue weighted by Crippen LogP contribution is 2.18. The molecular weight excluding hydrogens is 168 g/mol. The van der Waals surface area contributed by atoms with E-state index in [2.05, 4.69) is 5.32 Å². The van der Waals surface area contributed by atoms with E-state index < -0.39 is 0 Å². The molecule has 0 aromatic heterocycles. The number of ether oxygens (including phenoxy) is 1. The molecule has 2 rings (SSSR count). The van der Waals surface area contributed by atoms with Gasteiger partial charge in [0.1, 0.15) is 12.3 Å². The highest BCUT2D eigenvalue weighted by atomic mass is 16.5. The van der Waals surface area contributed by atoms with Gasteiger partial charge in [-0.05, 0) is 18.9 Å². The number of carbonyl (C=O) groups excluding carboxylic acids is 1. The minimum atomic E-state index is 0.0532. The summed E-state index contributed by atoms with van der Waals surface area (Å²) >= 11 is 0. The predicted molar refractivity (Wildman–Crippen MR) is 47.8 cm³/mol. The molecule has 2 atom stereocenters. The van der Waals surface area contributed by atoms with Crippen molar-refractivity contribution in [2.75, 3.05) is 13.6 Å². The van der Waals surface area contributed by atoms with Gasteiger partial charge in [0.05, 0.1) is 12.8 Å². The maximum atomic E-state index is 11.2. The molecule has 0 aromatic rings. The van der Waals surface area contributed by atoms with Gasteiger partial charge in [0.2, 0.25) is 5.91 Å². The van der Waals surface area contributed by atoms with Crippen LogP contribution in [0.4, 0.5) is 0 Å². The number of likely N-dealkylation sites (N-methyl/N-ethyl adjacent to an activating group) is 1. The Morgan fingerprint density at radius 3 is 3.08 bits per heavy atom. The summed E-state index contributed by atoms with van der Waals surface area (Å²) in [5, 5.41) is 3.14. The van der Waals surface area contributed by atoms with E-state index in [-0.39, 0.29) is 18.2 Å². The molecule has 0 aromatic carbocycles. The van der Waals surface area contributed by atoms with Crippen molar-refractivity contribution in [3.63, 3.8) is 0 Å². The first-order valence-corrected chi connectivity index (χ1v) is 4.58. The lowest BCUT2D eigenvalue weighted by molar-refractivity contribution is -0.128. The molecule has 0 saturated carbocycles. The Labute approximate surface area is 77.5 Å². The number of hydrogen-bond acceptors (Lipinski definition) is 3. The third-order valence-electron chi connectivity index (χ3n) is 2.59. The van der Waals surface area contributed by atoms with Crippen molar-refractivity contribution >= 4 is 5.91 Å². The maximum absolute atomic E-state index is 11.2. The summed E-state index contributed by atoms with van der Waals surface area (Å²) in [4.78, 5) is 12.9. The highest BCUT2D eigenvalue weighted by Gasteiger charge is 2.34. The molecule has 13 heavy (non-hydrogen) atoms. The molecule has 1 amide bonds. The third kappa shape index (κ3) is 1.54. The van der Waals surface area contributed by atoms with E-state index in [9.17, 15) is 4.79 Å². The summed E-state index contributed by atoms with van der Waals surface area (Å²) in [6.07, 6.45) is 5.91. The normalized spacial score (nSPS) is 33.6. The molecule has 2 heterocycles. The third-order valence-corrected chi connectivity index (χ3v) is 2.59.